The Hall–Kier alpha value is -2.82. The van der Waals surface area contributed by atoms with Gasteiger partial charge < -0.3 is 5.73 Å². The second kappa shape index (κ2) is 7.06. The molecule has 3 rings (SSSR count). The summed E-state index contributed by atoms with van der Waals surface area (Å²) in [6, 6.07) is 6.84. The van der Waals surface area contributed by atoms with Gasteiger partial charge in [0.2, 0.25) is 11.7 Å². The third kappa shape index (κ3) is 3.97. The number of aromatic nitrogens is 4. The van der Waals surface area contributed by atoms with Crippen LogP contribution in [0, 0.1) is 5.82 Å². The average Bonchev–Trinajstić information content (AvgIpc) is 3.06. The molecule has 0 bridgehead atoms. The van der Waals surface area contributed by atoms with Gasteiger partial charge in [0.05, 0.1) is 5.56 Å². The van der Waals surface area contributed by atoms with E-state index < -0.39 is 29.5 Å². The van der Waals surface area contributed by atoms with Gasteiger partial charge in [0.25, 0.3) is 0 Å². The smallest absolute Gasteiger partial charge is 0.367 e. The lowest BCUT2D eigenvalue weighted by Crippen LogP contribution is -2.30. The Morgan fingerprint density at radius 3 is 2.56 bits per heavy atom. The van der Waals surface area contributed by atoms with E-state index in [2.05, 4.69) is 31.3 Å². The van der Waals surface area contributed by atoms with Crippen molar-refractivity contribution in [2.45, 2.75) is 12.2 Å². The molecule has 0 aliphatic carbocycles. The number of nitrogens with two attached hydrogens (primary N) is 1. The van der Waals surface area contributed by atoms with Gasteiger partial charge in [0.1, 0.15) is 5.82 Å². The zero-order valence-corrected chi connectivity index (χ0v) is 14.9. The van der Waals surface area contributed by atoms with Crippen LogP contribution in [0.3, 0.4) is 0 Å². The SMILES string of the molecule is NC(=O)[C@@H](c1ccc(Br)cc1F)n1nnc(-c2cccc(C(F)(F)F)c2)n1. The van der Waals surface area contributed by atoms with Crippen LogP contribution in [0.1, 0.15) is 17.2 Å². The fourth-order valence-corrected chi connectivity index (χ4v) is 2.73. The van der Waals surface area contributed by atoms with Crippen LogP contribution < -0.4 is 5.73 Å². The Morgan fingerprint density at radius 1 is 1.19 bits per heavy atom. The first kappa shape index (κ1) is 19.0. The van der Waals surface area contributed by atoms with Crippen LogP contribution >= 0.6 is 15.9 Å². The normalized spacial score (nSPS) is 12.8. The maximum Gasteiger partial charge on any atom is 0.416 e. The van der Waals surface area contributed by atoms with Crippen molar-refractivity contribution in [2.75, 3.05) is 0 Å². The highest BCUT2D eigenvalue weighted by Crippen LogP contribution is 2.31. The maximum absolute atomic E-state index is 14.2. The number of amides is 1. The lowest BCUT2D eigenvalue weighted by Gasteiger charge is -2.13. The molecular weight excluding hydrogens is 434 g/mol. The van der Waals surface area contributed by atoms with Gasteiger partial charge in [0.15, 0.2) is 6.04 Å². The fourth-order valence-electron chi connectivity index (χ4n) is 2.40. The molecule has 0 saturated carbocycles. The van der Waals surface area contributed by atoms with Gasteiger partial charge >= 0.3 is 6.18 Å². The lowest BCUT2D eigenvalue weighted by molar-refractivity contribution is -0.137. The molecule has 3 aromatic rings. The van der Waals surface area contributed by atoms with Crippen molar-refractivity contribution < 1.29 is 22.4 Å². The van der Waals surface area contributed by atoms with Gasteiger partial charge in [-0.2, -0.15) is 13.2 Å². The van der Waals surface area contributed by atoms with Crippen LogP contribution in [0.25, 0.3) is 11.4 Å². The first-order valence-corrected chi connectivity index (χ1v) is 8.17. The van der Waals surface area contributed by atoms with Crippen molar-refractivity contribution in [1.82, 2.24) is 20.2 Å². The molecule has 0 fully saturated rings. The Morgan fingerprint density at radius 2 is 1.93 bits per heavy atom. The quantitative estimate of drug-likeness (QED) is 0.626. The minimum Gasteiger partial charge on any atom is -0.367 e. The summed E-state index contributed by atoms with van der Waals surface area (Å²) in [6.07, 6.45) is -4.54. The number of halogens is 5. The molecule has 1 heterocycles. The summed E-state index contributed by atoms with van der Waals surface area (Å²) in [5, 5.41) is 11.2. The molecule has 0 radical (unpaired) electrons. The minimum absolute atomic E-state index is 0.0376. The van der Waals surface area contributed by atoms with Gasteiger partial charge in [-0.3, -0.25) is 4.79 Å². The van der Waals surface area contributed by atoms with Crippen molar-refractivity contribution in [3.05, 3.63) is 63.9 Å². The van der Waals surface area contributed by atoms with Crippen molar-refractivity contribution >= 4 is 21.8 Å². The van der Waals surface area contributed by atoms with Gasteiger partial charge in [-0.1, -0.05) is 34.1 Å². The molecule has 2 aromatic carbocycles. The van der Waals surface area contributed by atoms with Gasteiger partial charge in [-0.05, 0) is 29.5 Å². The topological polar surface area (TPSA) is 86.7 Å². The van der Waals surface area contributed by atoms with Crippen molar-refractivity contribution in [3.63, 3.8) is 0 Å². The molecule has 1 aromatic heterocycles. The van der Waals surface area contributed by atoms with E-state index in [1.54, 1.807) is 0 Å². The molecule has 6 nitrogen and oxygen atoms in total. The predicted octanol–water partition coefficient (Wildman–Crippen LogP) is 3.34. The van der Waals surface area contributed by atoms with E-state index in [-0.39, 0.29) is 17.0 Å². The van der Waals surface area contributed by atoms with E-state index in [0.717, 1.165) is 23.0 Å². The summed E-state index contributed by atoms with van der Waals surface area (Å²) in [5.41, 5.74) is 4.39. The molecule has 2 N–H and O–H groups in total. The predicted molar refractivity (Wildman–Crippen MR) is 89.7 cm³/mol. The highest BCUT2D eigenvalue weighted by molar-refractivity contribution is 9.10. The monoisotopic (exact) mass is 443 g/mol. The summed E-state index contributed by atoms with van der Waals surface area (Å²) in [5.74, 6) is -1.85. The second-order valence-electron chi connectivity index (χ2n) is 5.48. The van der Waals surface area contributed by atoms with Crippen molar-refractivity contribution in [1.29, 1.82) is 0 Å². The number of benzene rings is 2. The summed E-state index contributed by atoms with van der Waals surface area (Å²) < 4.78 is 53.2. The standard InChI is InChI=1S/C16H10BrF4N5O/c17-10-4-5-11(12(18)7-10)13(14(22)27)26-24-15(23-25-26)8-2-1-3-9(6-8)16(19,20)21/h1-7,13H,(H2,22,27)/t13-/m1/s1. The number of rotatable bonds is 4. The van der Waals surface area contributed by atoms with E-state index in [1.165, 1.54) is 24.3 Å². The number of nitrogens with zero attached hydrogens (tertiary/aromatic N) is 4. The van der Waals surface area contributed by atoms with Crippen LogP contribution in [-0.4, -0.2) is 26.1 Å². The highest BCUT2D eigenvalue weighted by Gasteiger charge is 2.31. The second-order valence-corrected chi connectivity index (χ2v) is 6.40. The summed E-state index contributed by atoms with van der Waals surface area (Å²) in [4.78, 5) is 12.6. The Labute approximate surface area is 158 Å². The molecule has 1 atom stereocenters. The van der Waals surface area contributed by atoms with Gasteiger partial charge in [0, 0.05) is 15.6 Å². The van der Waals surface area contributed by atoms with Gasteiger partial charge in [-0.15, -0.1) is 15.0 Å². The van der Waals surface area contributed by atoms with E-state index in [4.69, 9.17) is 5.73 Å². The van der Waals surface area contributed by atoms with Crippen LogP contribution in [0.4, 0.5) is 17.6 Å². The molecule has 0 saturated heterocycles. The number of primary amides is 1. The fraction of sp³-hybridized carbons (Fsp3) is 0.125. The third-order valence-corrected chi connectivity index (χ3v) is 4.13. The number of alkyl halides is 3. The van der Waals surface area contributed by atoms with E-state index in [0.29, 0.717) is 4.47 Å². The van der Waals surface area contributed by atoms with Crippen LogP contribution in [0.2, 0.25) is 0 Å². The largest absolute Gasteiger partial charge is 0.416 e. The molecule has 0 aliphatic rings. The van der Waals surface area contributed by atoms with E-state index in [1.807, 2.05) is 0 Å². The van der Waals surface area contributed by atoms with Gasteiger partial charge in [-0.25, -0.2) is 4.39 Å². The molecule has 0 unspecified atom stereocenters. The average molecular weight is 444 g/mol. The van der Waals surface area contributed by atoms with Crippen molar-refractivity contribution in [3.8, 4) is 11.4 Å². The van der Waals surface area contributed by atoms with Crippen LogP contribution in [0.5, 0.6) is 0 Å². The first-order chi connectivity index (χ1) is 12.7. The number of carbonyl (C=O) groups is 1. The molecule has 0 spiro atoms. The first-order valence-electron chi connectivity index (χ1n) is 7.38. The summed E-state index contributed by atoms with van der Waals surface area (Å²) >= 11 is 3.10. The third-order valence-electron chi connectivity index (χ3n) is 3.63. The molecular formula is C16H10BrF4N5O. The Balaban J connectivity index is 2.02. The maximum atomic E-state index is 14.2. The zero-order valence-electron chi connectivity index (χ0n) is 13.3. The molecule has 0 aliphatic heterocycles. The van der Waals surface area contributed by atoms with E-state index >= 15 is 0 Å². The molecule has 11 heteroatoms. The lowest BCUT2D eigenvalue weighted by atomic mass is 10.1. The van der Waals surface area contributed by atoms with E-state index in [9.17, 15) is 22.4 Å². The number of hydrogen-bond acceptors (Lipinski definition) is 4. The molecule has 27 heavy (non-hydrogen) atoms. The van der Waals surface area contributed by atoms with Crippen LogP contribution in [-0.2, 0) is 11.0 Å². The molecule has 1 amide bonds. The number of tetrazole rings is 1. The summed E-state index contributed by atoms with van der Waals surface area (Å²) in [6.45, 7) is 0. The number of carbonyl (C=O) groups excluding carboxylic acids is 1. The zero-order chi connectivity index (χ0) is 19.8. The Kier molecular flexibility index (Phi) is 4.96. The van der Waals surface area contributed by atoms with Crippen LogP contribution in [0.15, 0.2) is 46.9 Å². The van der Waals surface area contributed by atoms with Crippen molar-refractivity contribution in [2.24, 2.45) is 5.73 Å². The highest BCUT2D eigenvalue weighted by atomic mass is 79.9. The summed E-state index contributed by atoms with van der Waals surface area (Å²) in [7, 11) is 0. The minimum atomic E-state index is -4.54. The Bertz CT molecular complexity index is 1000. The molecule has 140 valence electrons. The number of hydrogen-bond donors (Lipinski definition) is 1.